The molecule has 26 heavy (non-hydrogen) atoms. The number of alkyl halides is 3. The summed E-state index contributed by atoms with van der Waals surface area (Å²) in [5.41, 5.74) is -1.60. The van der Waals surface area contributed by atoms with Gasteiger partial charge >= 0.3 is 12.3 Å². The van der Waals surface area contributed by atoms with Gasteiger partial charge in [-0.1, -0.05) is 0 Å². The number of likely N-dealkylation sites (tertiary alicyclic amines) is 1. The molecule has 2 fully saturated rings. The van der Waals surface area contributed by atoms with Crippen LogP contribution < -0.4 is 4.74 Å². The Labute approximate surface area is 149 Å². The standard InChI is InChI=1S/C17H22F3N3O3/c1-15(2,3)26-14(24)23-8-11(9-23)12-6-22-13(7-21-12)25-10-16(4-5-16)17(18,19)20/h6-7,11H,4-5,8-10H2,1-3H3. The van der Waals surface area contributed by atoms with Gasteiger partial charge in [0, 0.05) is 19.0 Å². The van der Waals surface area contributed by atoms with E-state index < -0.39 is 23.8 Å². The molecular formula is C17H22F3N3O3. The second-order valence-corrected chi connectivity index (χ2v) is 7.93. The predicted octanol–water partition coefficient (Wildman–Crippen LogP) is 3.53. The third kappa shape index (κ3) is 4.02. The van der Waals surface area contributed by atoms with Gasteiger partial charge in [0.2, 0.25) is 5.88 Å². The lowest BCUT2D eigenvalue weighted by Gasteiger charge is -2.39. The van der Waals surface area contributed by atoms with Gasteiger partial charge < -0.3 is 14.4 Å². The number of hydrogen-bond donors (Lipinski definition) is 0. The molecule has 0 unspecified atom stereocenters. The average Bonchev–Trinajstić information content (AvgIpc) is 3.23. The zero-order valence-corrected chi connectivity index (χ0v) is 15.0. The van der Waals surface area contributed by atoms with Crippen LogP contribution in [0.25, 0.3) is 0 Å². The van der Waals surface area contributed by atoms with Crippen molar-refractivity contribution in [3.8, 4) is 5.88 Å². The molecule has 1 aliphatic carbocycles. The Kier molecular flexibility index (Phi) is 4.52. The summed E-state index contributed by atoms with van der Waals surface area (Å²) in [6.07, 6.45) is -1.63. The SMILES string of the molecule is CC(C)(C)OC(=O)N1CC(c2cnc(OCC3(C(F)(F)F)CC3)cn2)C1. The highest BCUT2D eigenvalue weighted by Crippen LogP contribution is 2.57. The smallest absolute Gasteiger partial charge is 0.410 e. The lowest BCUT2D eigenvalue weighted by Crippen LogP contribution is -2.50. The highest BCUT2D eigenvalue weighted by atomic mass is 19.4. The summed E-state index contributed by atoms with van der Waals surface area (Å²) in [6, 6.07) is 0. The van der Waals surface area contributed by atoms with E-state index in [1.807, 2.05) is 0 Å². The topological polar surface area (TPSA) is 64.5 Å². The van der Waals surface area contributed by atoms with Crippen molar-refractivity contribution in [2.75, 3.05) is 19.7 Å². The molecule has 1 aliphatic heterocycles. The van der Waals surface area contributed by atoms with Crippen LogP contribution in [0.5, 0.6) is 5.88 Å². The van der Waals surface area contributed by atoms with E-state index in [9.17, 15) is 18.0 Å². The first kappa shape index (κ1) is 18.7. The van der Waals surface area contributed by atoms with Crippen LogP contribution in [0.15, 0.2) is 12.4 Å². The van der Waals surface area contributed by atoms with E-state index in [1.165, 1.54) is 12.4 Å². The lowest BCUT2D eigenvalue weighted by atomic mass is 9.97. The zero-order chi connectivity index (χ0) is 19.2. The molecule has 1 saturated carbocycles. The molecule has 1 aromatic heterocycles. The summed E-state index contributed by atoms with van der Waals surface area (Å²) < 4.78 is 49.1. The number of halogens is 3. The Balaban J connectivity index is 1.48. The number of nitrogens with zero attached hydrogens (tertiary/aromatic N) is 3. The predicted molar refractivity (Wildman–Crippen MR) is 85.8 cm³/mol. The van der Waals surface area contributed by atoms with Crippen molar-refractivity contribution >= 4 is 6.09 Å². The molecular weight excluding hydrogens is 351 g/mol. The van der Waals surface area contributed by atoms with Gasteiger partial charge in [0.05, 0.1) is 18.1 Å². The van der Waals surface area contributed by atoms with Gasteiger partial charge in [-0.15, -0.1) is 0 Å². The second-order valence-electron chi connectivity index (χ2n) is 7.93. The number of hydrogen-bond acceptors (Lipinski definition) is 5. The summed E-state index contributed by atoms with van der Waals surface area (Å²) in [5, 5.41) is 0. The van der Waals surface area contributed by atoms with Gasteiger partial charge in [-0.05, 0) is 33.6 Å². The zero-order valence-electron chi connectivity index (χ0n) is 15.0. The van der Waals surface area contributed by atoms with E-state index in [-0.39, 0.29) is 30.7 Å². The fourth-order valence-electron chi connectivity index (χ4n) is 2.63. The normalized spacial score (nSPS) is 19.7. The molecule has 0 atom stereocenters. The average molecular weight is 373 g/mol. The second kappa shape index (κ2) is 6.28. The van der Waals surface area contributed by atoms with Crippen LogP contribution >= 0.6 is 0 Å². The summed E-state index contributed by atoms with van der Waals surface area (Å²) in [6.45, 7) is 5.92. The first-order chi connectivity index (χ1) is 12.0. The van der Waals surface area contributed by atoms with Gasteiger partial charge in [-0.25, -0.2) is 9.78 Å². The first-order valence-electron chi connectivity index (χ1n) is 8.48. The first-order valence-corrected chi connectivity index (χ1v) is 8.48. The Morgan fingerprint density at radius 1 is 1.23 bits per heavy atom. The van der Waals surface area contributed by atoms with Crippen LogP contribution in [0.1, 0.15) is 45.2 Å². The highest BCUT2D eigenvalue weighted by Gasteiger charge is 2.64. The van der Waals surface area contributed by atoms with Crippen LogP contribution in [-0.4, -0.2) is 52.4 Å². The minimum absolute atomic E-state index is 0.0361. The summed E-state index contributed by atoms with van der Waals surface area (Å²) >= 11 is 0. The van der Waals surface area contributed by atoms with Crippen LogP contribution in [0, 0.1) is 5.41 Å². The van der Waals surface area contributed by atoms with Crippen molar-refractivity contribution in [2.24, 2.45) is 5.41 Å². The molecule has 6 nitrogen and oxygen atoms in total. The monoisotopic (exact) mass is 373 g/mol. The number of amides is 1. The van der Waals surface area contributed by atoms with E-state index in [4.69, 9.17) is 9.47 Å². The third-order valence-electron chi connectivity index (χ3n) is 4.55. The van der Waals surface area contributed by atoms with E-state index in [2.05, 4.69) is 9.97 Å². The molecule has 1 amide bonds. The fourth-order valence-corrected chi connectivity index (χ4v) is 2.63. The van der Waals surface area contributed by atoms with Crippen LogP contribution in [-0.2, 0) is 4.74 Å². The maximum Gasteiger partial charge on any atom is 0.410 e. The van der Waals surface area contributed by atoms with Gasteiger partial charge in [0.25, 0.3) is 0 Å². The molecule has 3 rings (SSSR count). The van der Waals surface area contributed by atoms with Crippen molar-refractivity contribution in [1.82, 2.24) is 14.9 Å². The summed E-state index contributed by atoms with van der Waals surface area (Å²) in [5.74, 6) is 0.113. The Morgan fingerprint density at radius 3 is 2.35 bits per heavy atom. The quantitative estimate of drug-likeness (QED) is 0.808. The van der Waals surface area contributed by atoms with Crippen molar-refractivity contribution in [2.45, 2.75) is 51.3 Å². The maximum absolute atomic E-state index is 12.9. The Bertz CT molecular complexity index is 661. The molecule has 1 saturated heterocycles. The molecule has 1 aromatic rings. The molecule has 2 heterocycles. The minimum atomic E-state index is -4.25. The van der Waals surface area contributed by atoms with Crippen molar-refractivity contribution < 1.29 is 27.4 Å². The molecule has 9 heteroatoms. The molecule has 0 spiro atoms. The van der Waals surface area contributed by atoms with E-state index in [0.717, 1.165) is 0 Å². The molecule has 0 radical (unpaired) electrons. The summed E-state index contributed by atoms with van der Waals surface area (Å²) in [7, 11) is 0. The molecule has 0 N–H and O–H groups in total. The number of aromatic nitrogens is 2. The number of rotatable bonds is 4. The van der Waals surface area contributed by atoms with Gasteiger partial charge in [0.15, 0.2) is 0 Å². The third-order valence-corrected chi connectivity index (χ3v) is 4.55. The Morgan fingerprint density at radius 2 is 1.88 bits per heavy atom. The molecule has 0 aromatic carbocycles. The van der Waals surface area contributed by atoms with Gasteiger partial charge in [-0.3, -0.25) is 4.98 Å². The lowest BCUT2D eigenvalue weighted by molar-refractivity contribution is -0.194. The number of carbonyl (C=O) groups is 1. The van der Waals surface area contributed by atoms with Crippen LogP contribution in [0.4, 0.5) is 18.0 Å². The summed E-state index contributed by atoms with van der Waals surface area (Å²) in [4.78, 5) is 21.7. The number of ether oxygens (including phenoxy) is 2. The van der Waals surface area contributed by atoms with Crippen molar-refractivity contribution in [3.63, 3.8) is 0 Å². The Hall–Kier alpha value is -2.06. The van der Waals surface area contributed by atoms with E-state index >= 15 is 0 Å². The van der Waals surface area contributed by atoms with E-state index in [1.54, 1.807) is 25.7 Å². The molecule has 2 aliphatic rings. The minimum Gasteiger partial charge on any atom is -0.476 e. The van der Waals surface area contributed by atoms with Crippen LogP contribution in [0.3, 0.4) is 0 Å². The molecule has 144 valence electrons. The van der Waals surface area contributed by atoms with Gasteiger partial charge in [-0.2, -0.15) is 13.2 Å². The van der Waals surface area contributed by atoms with Gasteiger partial charge in [0.1, 0.15) is 17.6 Å². The van der Waals surface area contributed by atoms with Crippen molar-refractivity contribution in [3.05, 3.63) is 18.1 Å². The van der Waals surface area contributed by atoms with Crippen LogP contribution in [0.2, 0.25) is 0 Å². The largest absolute Gasteiger partial charge is 0.476 e. The highest BCUT2D eigenvalue weighted by molar-refractivity contribution is 5.69. The number of carbonyl (C=O) groups excluding carboxylic acids is 1. The maximum atomic E-state index is 12.9. The fraction of sp³-hybridized carbons (Fsp3) is 0.706. The van der Waals surface area contributed by atoms with E-state index in [0.29, 0.717) is 18.8 Å². The molecule has 0 bridgehead atoms. The van der Waals surface area contributed by atoms with Crippen molar-refractivity contribution in [1.29, 1.82) is 0 Å².